The van der Waals surface area contributed by atoms with Crippen molar-refractivity contribution in [3.63, 3.8) is 0 Å². The topological polar surface area (TPSA) is 60.1 Å². The van der Waals surface area contributed by atoms with Crippen molar-refractivity contribution in [3.8, 4) is 0 Å². The highest BCUT2D eigenvalue weighted by molar-refractivity contribution is 5.81. The fourth-order valence-corrected chi connectivity index (χ4v) is 1.71. The Morgan fingerprint density at radius 1 is 1.60 bits per heavy atom. The van der Waals surface area contributed by atoms with E-state index in [1.807, 2.05) is 6.92 Å². The van der Waals surface area contributed by atoms with E-state index in [-0.39, 0.29) is 5.54 Å². The van der Waals surface area contributed by atoms with Crippen LogP contribution in [0.2, 0.25) is 0 Å². The molecule has 0 aliphatic carbocycles. The van der Waals surface area contributed by atoms with E-state index in [4.69, 9.17) is 15.2 Å². The second kappa shape index (κ2) is 5.32. The second-order valence-electron chi connectivity index (χ2n) is 3.95. The summed E-state index contributed by atoms with van der Waals surface area (Å²) in [4.78, 5) is 6.32. The minimum Gasteiger partial charge on any atom is -0.383 e. The summed E-state index contributed by atoms with van der Waals surface area (Å²) in [5, 5.41) is 0. The fraction of sp³-hybridized carbons (Fsp3) is 0.900. The summed E-state index contributed by atoms with van der Waals surface area (Å²) < 4.78 is 10.5. The lowest BCUT2D eigenvalue weighted by Gasteiger charge is -2.35. The first-order valence-electron chi connectivity index (χ1n) is 5.28. The Balaban J connectivity index is 2.56. The van der Waals surface area contributed by atoms with E-state index < -0.39 is 0 Å². The molecule has 0 aromatic heterocycles. The van der Waals surface area contributed by atoms with Crippen molar-refractivity contribution < 1.29 is 9.47 Å². The molecule has 1 heterocycles. The van der Waals surface area contributed by atoms with Gasteiger partial charge >= 0.3 is 0 Å². The van der Waals surface area contributed by atoms with Gasteiger partial charge in [0.05, 0.1) is 25.3 Å². The Hall–Kier alpha value is -0.810. The van der Waals surface area contributed by atoms with E-state index >= 15 is 0 Å². The largest absolute Gasteiger partial charge is 0.383 e. The van der Waals surface area contributed by atoms with E-state index in [9.17, 15) is 0 Å². The first-order chi connectivity index (χ1) is 7.14. The van der Waals surface area contributed by atoms with E-state index in [1.165, 1.54) is 0 Å². The molecule has 0 saturated carbocycles. The summed E-state index contributed by atoms with van der Waals surface area (Å²) in [7, 11) is 1.68. The van der Waals surface area contributed by atoms with Gasteiger partial charge in [-0.3, -0.25) is 4.99 Å². The molecular formula is C10H21N3O2. The van der Waals surface area contributed by atoms with Crippen LogP contribution in [0.15, 0.2) is 4.99 Å². The van der Waals surface area contributed by atoms with Crippen molar-refractivity contribution in [2.45, 2.75) is 19.4 Å². The van der Waals surface area contributed by atoms with E-state index in [0.717, 1.165) is 6.54 Å². The normalized spacial score (nSPS) is 25.8. The molecule has 1 aliphatic heterocycles. The summed E-state index contributed by atoms with van der Waals surface area (Å²) in [6.45, 7) is 7.57. The van der Waals surface area contributed by atoms with Crippen molar-refractivity contribution in [3.05, 3.63) is 0 Å². The molecule has 15 heavy (non-hydrogen) atoms. The smallest absolute Gasteiger partial charge is 0.192 e. The highest BCUT2D eigenvalue weighted by Crippen LogP contribution is 2.21. The first kappa shape index (κ1) is 12.3. The van der Waals surface area contributed by atoms with Crippen LogP contribution in [0.5, 0.6) is 0 Å². The monoisotopic (exact) mass is 215 g/mol. The van der Waals surface area contributed by atoms with Crippen LogP contribution in [0.1, 0.15) is 13.8 Å². The zero-order valence-corrected chi connectivity index (χ0v) is 9.82. The van der Waals surface area contributed by atoms with Crippen LogP contribution in [-0.2, 0) is 9.47 Å². The van der Waals surface area contributed by atoms with Gasteiger partial charge in [-0.1, -0.05) is 0 Å². The Bertz CT molecular complexity index is 233. The maximum absolute atomic E-state index is 5.83. The standard InChI is InChI=1S/C10H21N3O2/c1-4-15-8-10(2)7-12-9(11)13(10)5-6-14-3/h4-8H2,1-3H3,(H2,11,12). The highest BCUT2D eigenvalue weighted by Gasteiger charge is 2.37. The molecule has 88 valence electrons. The van der Waals surface area contributed by atoms with E-state index in [1.54, 1.807) is 7.11 Å². The molecule has 0 amide bonds. The Labute approximate surface area is 91.2 Å². The lowest BCUT2D eigenvalue weighted by atomic mass is 10.0. The van der Waals surface area contributed by atoms with Gasteiger partial charge < -0.3 is 20.1 Å². The molecule has 0 saturated heterocycles. The van der Waals surface area contributed by atoms with Crippen LogP contribution >= 0.6 is 0 Å². The molecule has 0 bridgehead atoms. The van der Waals surface area contributed by atoms with Gasteiger partial charge in [0.2, 0.25) is 0 Å². The SMILES string of the molecule is CCOCC1(C)CN=C(N)N1CCOC. The maximum atomic E-state index is 5.83. The molecule has 0 radical (unpaired) electrons. The summed E-state index contributed by atoms with van der Waals surface area (Å²) in [5.41, 5.74) is 5.72. The predicted molar refractivity (Wildman–Crippen MR) is 60.0 cm³/mol. The quantitative estimate of drug-likeness (QED) is 0.680. The second-order valence-corrected chi connectivity index (χ2v) is 3.95. The molecule has 1 aliphatic rings. The van der Waals surface area contributed by atoms with Crippen molar-refractivity contribution in [2.75, 3.05) is 40.0 Å². The number of nitrogens with zero attached hydrogens (tertiary/aromatic N) is 2. The lowest BCUT2D eigenvalue weighted by molar-refractivity contribution is 0.0428. The lowest BCUT2D eigenvalue weighted by Crippen LogP contribution is -2.53. The van der Waals surface area contributed by atoms with Gasteiger partial charge in [-0.15, -0.1) is 0 Å². The number of ether oxygens (including phenoxy) is 2. The molecule has 1 atom stereocenters. The highest BCUT2D eigenvalue weighted by atomic mass is 16.5. The van der Waals surface area contributed by atoms with Crippen molar-refractivity contribution in [2.24, 2.45) is 10.7 Å². The number of hydrogen-bond acceptors (Lipinski definition) is 5. The van der Waals surface area contributed by atoms with Crippen LogP contribution in [-0.4, -0.2) is 56.4 Å². The molecule has 0 aromatic carbocycles. The van der Waals surface area contributed by atoms with E-state index in [0.29, 0.717) is 32.3 Å². The summed E-state index contributed by atoms with van der Waals surface area (Å²) in [6.07, 6.45) is 0. The third-order valence-electron chi connectivity index (χ3n) is 2.65. The van der Waals surface area contributed by atoms with Crippen molar-refractivity contribution in [1.29, 1.82) is 0 Å². The molecular weight excluding hydrogens is 194 g/mol. The predicted octanol–water partition coefficient (Wildman–Crippen LogP) is 0.0583. The molecule has 1 unspecified atom stereocenters. The number of methoxy groups -OCH3 is 1. The average molecular weight is 215 g/mol. The number of guanidine groups is 1. The van der Waals surface area contributed by atoms with Crippen LogP contribution in [0.4, 0.5) is 0 Å². The van der Waals surface area contributed by atoms with Gasteiger partial charge in [-0.05, 0) is 13.8 Å². The third-order valence-corrected chi connectivity index (χ3v) is 2.65. The zero-order chi connectivity index (χ0) is 11.3. The van der Waals surface area contributed by atoms with Crippen LogP contribution < -0.4 is 5.73 Å². The molecule has 0 spiro atoms. The van der Waals surface area contributed by atoms with Gasteiger partial charge in [0.25, 0.3) is 0 Å². The van der Waals surface area contributed by atoms with Gasteiger partial charge in [0, 0.05) is 20.3 Å². The average Bonchev–Trinajstić information content (AvgIpc) is 2.50. The summed E-state index contributed by atoms with van der Waals surface area (Å²) in [6, 6.07) is 0. The fourth-order valence-electron chi connectivity index (χ4n) is 1.71. The molecule has 1 rings (SSSR count). The van der Waals surface area contributed by atoms with Crippen LogP contribution in [0.25, 0.3) is 0 Å². The number of rotatable bonds is 6. The summed E-state index contributed by atoms with van der Waals surface area (Å²) in [5.74, 6) is 0.592. The minimum atomic E-state index is -0.112. The van der Waals surface area contributed by atoms with Crippen molar-refractivity contribution in [1.82, 2.24) is 4.90 Å². The molecule has 0 aromatic rings. The first-order valence-corrected chi connectivity index (χ1v) is 5.28. The van der Waals surface area contributed by atoms with E-state index in [2.05, 4.69) is 16.8 Å². The Morgan fingerprint density at radius 2 is 2.33 bits per heavy atom. The zero-order valence-electron chi connectivity index (χ0n) is 9.82. The molecule has 2 N–H and O–H groups in total. The summed E-state index contributed by atoms with van der Waals surface area (Å²) >= 11 is 0. The number of nitrogens with two attached hydrogens (primary N) is 1. The number of aliphatic imine (C=N–C) groups is 1. The van der Waals surface area contributed by atoms with Gasteiger partial charge in [-0.2, -0.15) is 0 Å². The van der Waals surface area contributed by atoms with Crippen molar-refractivity contribution >= 4 is 5.96 Å². The minimum absolute atomic E-state index is 0.112. The van der Waals surface area contributed by atoms with Crippen LogP contribution in [0, 0.1) is 0 Å². The van der Waals surface area contributed by atoms with Gasteiger partial charge in [0.15, 0.2) is 5.96 Å². The molecule has 0 fully saturated rings. The van der Waals surface area contributed by atoms with Gasteiger partial charge in [-0.25, -0.2) is 0 Å². The van der Waals surface area contributed by atoms with Crippen LogP contribution in [0.3, 0.4) is 0 Å². The van der Waals surface area contributed by atoms with Gasteiger partial charge in [0.1, 0.15) is 0 Å². The Kier molecular flexibility index (Phi) is 4.35. The Morgan fingerprint density at radius 3 is 2.93 bits per heavy atom. The third kappa shape index (κ3) is 2.82. The molecule has 5 nitrogen and oxygen atoms in total. The molecule has 5 heteroatoms. The number of hydrogen-bond donors (Lipinski definition) is 1. The maximum Gasteiger partial charge on any atom is 0.192 e.